The summed E-state index contributed by atoms with van der Waals surface area (Å²) < 4.78 is 0. The van der Waals surface area contributed by atoms with E-state index in [1.165, 1.54) is 0 Å². The van der Waals surface area contributed by atoms with Crippen molar-refractivity contribution >= 4 is 34.5 Å². The number of amides is 4. The van der Waals surface area contributed by atoms with Crippen LogP contribution in [0.2, 0.25) is 0 Å². The molecule has 244 valence electrons. The Labute approximate surface area is 270 Å². The zero-order chi connectivity index (χ0) is 32.4. The van der Waals surface area contributed by atoms with Crippen molar-refractivity contribution in [3.05, 3.63) is 65.1 Å². The molecule has 2 saturated heterocycles. The van der Waals surface area contributed by atoms with Crippen molar-refractivity contribution in [2.75, 3.05) is 40.3 Å². The zero-order valence-corrected chi connectivity index (χ0v) is 27.3. The molecule has 3 atom stereocenters. The number of carbonyl (C=O) groups excluding carboxylic acids is 4. The molecule has 1 aromatic carbocycles. The van der Waals surface area contributed by atoms with Crippen molar-refractivity contribution in [2.24, 2.45) is 11.8 Å². The summed E-state index contributed by atoms with van der Waals surface area (Å²) in [6, 6.07) is 12.0. The van der Waals surface area contributed by atoms with Crippen molar-refractivity contribution in [3.8, 4) is 0 Å². The average molecular weight is 627 g/mol. The number of benzene rings is 1. The lowest BCUT2D eigenvalue weighted by molar-refractivity contribution is -0.164. The molecule has 2 N–H and O–H groups in total. The number of hydrogen-bond donors (Lipinski definition) is 2. The lowest BCUT2D eigenvalue weighted by Crippen LogP contribution is -2.64. The smallest absolute Gasteiger partial charge is 0.228 e. The van der Waals surface area contributed by atoms with Gasteiger partial charge in [0.2, 0.25) is 23.6 Å². The van der Waals surface area contributed by atoms with Crippen molar-refractivity contribution in [1.29, 1.82) is 0 Å². The van der Waals surface area contributed by atoms with Gasteiger partial charge in [-0.25, -0.2) is 0 Å². The minimum absolute atomic E-state index is 0.0581. The SMILES string of the molecule is CN(C)C(=O)CCc1ccc2c3c([nH]c2c1)[C@]1(C)[C@@H](C(=O)N2CCCCC2)C[C@H](CC(=O)NCCc2ccccn2)C(=O)N1CC3. The molecule has 6 rings (SSSR count). The Morgan fingerprint density at radius 1 is 1.07 bits per heavy atom. The van der Waals surface area contributed by atoms with Crippen molar-refractivity contribution < 1.29 is 19.2 Å². The van der Waals surface area contributed by atoms with Crippen LogP contribution in [0, 0.1) is 11.8 Å². The van der Waals surface area contributed by atoms with Gasteiger partial charge < -0.3 is 25.0 Å². The molecule has 2 aromatic heterocycles. The summed E-state index contributed by atoms with van der Waals surface area (Å²) in [7, 11) is 3.54. The molecule has 0 aliphatic carbocycles. The standard InChI is InChI=1S/C36H46N6O4/c1-36-29(35(46)41-18-7-4-8-19-41)22-25(23-31(43)38-17-14-26-9-5-6-16-37-26)34(45)42(36)20-15-28-27-12-10-24(11-13-32(44)40(2)3)21-30(27)39-33(28)36/h5-6,9-10,12,16,21,25,29,39H,4,7-8,11,13-15,17-20,22-23H2,1-3H3,(H,38,43)/t25-,29-,36+/m1/s1. The number of carbonyl (C=O) groups is 4. The summed E-state index contributed by atoms with van der Waals surface area (Å²) >= 11 is 0. The second-order valence-corrected chi connectivity index (χ2v) is 13.5. The fourth-order valence-corrected chi connectivity index (χ4v) is 7.77. The first-order chi connectivity index (χ1) is 22.2. The Morgan fingerprint density at radius 3 is 2.61 bits per heavy atom. The van der Waals surface area contributed by atoms with Crippen LogP contribution in [0.25, 0.3) is 10.9 Å². The fraction of sp³-hybridized carbons (Fsp3) is 0.528. The summed E-state index contributed by atoms with van der Waals surface area (Å²) in [5.74, 6) is -1.10. The van der Waals surface area contributed by atoms with E-state index in [4.69, 9.17) is 0 Å². The number of likely N-dealkylation sites (tertiary alicyclic amines) is 1. The molecule has 0 radical (unpaired) electrons. The van der Waals surface area contributed by atoms with E-state index in [0.29, 0.717) is 45.2 Å². The molecule has 3 aromatic rings. The third kappa shape index (κ3) is 6.13. The van der Waals surface area contributed by atoms with Gasteiger partial charge in [0.15, 0.2) is 0 Å². The number of pyridine rings is 1. The maximum atomic E-state index is 14.4. The number of aryl methyl sites for hydroxylation is 1. The second-order valence-electron chi connectivity index (χ2n) is 13.5. The van der Waals surface area contributed by atoms with E-state index in [2.05, 4.69) is 33.5 Å². The number of aromatic nitrogens is 2. The van der Waals surface area contributed by atoms with Crippen LogP contribution < -0.4 is 5.32 Å². The first-order valence-electron chi connectivity index (χ1n) is 16.8. The van der Waals surface area contributed by atoms with Gasteiger partial charge in [-0.1, -0.05) is 18.2 Å². The highest BCUT2D eigenvalue weighted by Crippen LogP contribution is 2.50. The molecule has 3 aliphatic heterocycles. The highest BCUT2D eigenvalue weighted by atomic mass is 16.2. The molecule has 0 bridgehead atoms. The third-order valence-electron chi connectivity index (χ3n) is 10.4. The lowest BCUT2D eigenvalue weighted by Gasteiger charge is -2.54. The highest BCUT2D eigenvalue weighted by Gasteiger charge is 2.57. The van der Waals surface area contributed by atoms with Gasteiger partial charge in [0.1, 0.15) is 0 Å². The van der Waals surface area contributed by atoms with E-state index in [1.807, 2.05) is 34.9 Å². The van der Waals surface area contributed by atoms with Gasteiger partial charge in [0.05, 0.1) is 11.5 Å². The van der Waals surface area contributed by atoms with Gasteiger partial charge in [0.25, 0.3) is 0 Å². The van der Waals surface area contributed by atoms with Crippen LogP contribution in [0.15, 0.2) is 42.6 Å². The Bertz CT molecular complexity index is 1610. The van der Waals surface area contributed by atoms with Gasteiger partial charge in [-0.05, 0) is 74.8 Å². The summed E-state index contributed by atoms with van der Waals surface area (Å²) in [6.07, 6.45) is 7.57. The van der Waals surface area contributed by atoms with E-state index in [0.717, 1.165) is 65.8 Å². The Hall–Kier alpha value is -4.21. The minimum Gasteiger partial charge on any atom is -0.356 e. The number of nitrogens with zero attached hydrogens (tertiary/aromatic N) is 4. The quantitative estimate of drug-likeness (QED) is 0.377. The number of aromatic amines is 1. The minimum atomic E-state index is -0.856. The first-order valence-corrected chi connectivity index (χ1v) is 16.8. The topological polar surface area (TPSA) is 119 Å². The summed E-state index contributed by atoms with van der Waals surface area (Å²) in [4.78, 5) is 67.4. The van der Waals surface area contributed by atoms with Crippen molar-refractivity contribution in [3.63, 3.8) is 0 Å². The van der Waals surface area contributed by atoms with Crippen LogP contribution in [0.5, 0.6) is 0 Å². The molecule has 0 spiro atoms. The molecular weight excluding hydrogens is 580 g/mol. The molecule has 10 heteroatoms. The molecule has 3 aliphatic rings. The predicted molar refractivity (Wildman–Crippen MR) is 176 cm³/mol. The first kappa shape index (κ1) is 31.8. The second kappa shape index (κ2) is 13.3. The van der Waals surface area contributed by atoms with E-state index in [-0.39, 0.29) is 30.0 Å². The van der Waals surface area contributed by atoms with Gasteiger partial charge in [-0.15, -0.1) is 0 Å². The normalized spacial score (nSPS) is 22.7. The average Bonchev–Trinajstić information content (AvgIpc) is 3.44. The number of nitrogens with one attached hydrogen (secondary N) is 2. The van der Waals surface area contributed by atoms with E-state index in [1.54, 1.807) is 25.2 Å². The number of hydrogen-bond acceptors (Lipinski definition) is 5. The molecule has 5 heterocycles. The fourth-order valence-electron chi connectivity index (χ4n) is 7.77. The molecule has 4 amide bonds. The number of H-pyrrole nitrogens is 1. The van der Waals surface area contributed by atoms with Crippen molar-refractivity contribution in [2.45, 2.75) is 70.3 Å². The van der Waals surface area contributed by atoms with Gasteiger partial charge >= 0.3 is 0 Å². The van der Waals surface area contributed by atoms with E-state index < -0.39 is 17.4 Å². The van der Waals surface area contributed by atoms with Crippen LogP contribution in [0.3, 0.4) is 0 Å². The van der Waals surface area contributed by atoms with Gasteiger partial charge in [-0.2, -0.15) is 0 Å². The summed E-state index contributed by atoms with van der Waals surface area (Å²) in [5.41, 5.74) is 4.16. The van der Waals surface area contributed by atoms with E-state index in [9.17, 15) is 19.2 Å². The third-order valence-corrected chi connectivity index (χ3v) is 10.4. The number of piperidine rings is 2. The zero-order valence-electron chi connectivity index (χ0n) is 27.3. The molecule has 10 nitrogen and oxygen atoms in total. The Morgan fingerprint density at radius 2 is 1.87 bits per heavy atom. The van der Waals surface area contributed by atoms with Crippen LogP contribution in [-0.2, 0) is 44.0 Å². The predicted octanol–water partition coefficient (Wildman–Crippen LogP) is 3.58. The largest absolute Gasteiger partial charge is 0.356 e. The molecule has 46 heavy (non-hydrogen) atoms. The molecule has 0 saturated carbocycles. The van der Waals surface area contributed by atoms with E-state index >= 15 is 0 Å². The lowest BCUT2D eigenvalue weighted by atomic mass is 9.67. The van der Waals surface area contributed by atoms with Gasteiger partial charge in [0, 0.05) is 93.9 Å². The van der Waals surface area contributed by atoms with Gasteiger partial charge in [-0.3, -0.25) is 24.2 Å². The number of fused-ring (bicyclic) bond motifs is 5. The maximum absolute atomic E-state index is 14.4. The van der Waals surface area contributed by atoms with Crippen molar-refractivity contribution in [1.82, 2.24) is 30.0 Å². The molecule has 2 fully saturated rings. The maximum Gasteiger partial charge on any atom is 0.228 e. The van der Waals surface area contributed by atoms with Crippen LogP contribution in [-0.4, -0.2) is 88.6 Å². The van der Waals surface area contributed by atoms with Crippen LogP contribution in [0.1, 0.15) is 68.0 Å². The highest BCUT2D eigenvalue weighted by molar-refractivity contribution is 5.93. The Balaban J connectivity index is 1.27. The summed E-state index contributed by atoms with van der Waals surface area (Å²) in [6.45, 7) is 4.44. The molecular formula is C36H46N6O4. The monoisotopic (exact) mass is 626 g/mol. The Kier molecular flexibility index (Phi) is 9.15. The summed E-state index contributed by atoms with van der Waals surface area (Å²) in [5, 5.41) is 4.08. The van der Waals surface area contributed by atoms with Crippen LogP contribution >= 0.6 is 0 Å². The van der Waals surface area contributed by atoms with Crippen LogP contribution in [0.4, 0.5) is 0 Å². The molecule has 0 unspecified atom stereocenters. The number of rotatable bonds is 9.